The number of aromatic hydroxyl groups is 1. The molecule has 0 bridgehead atoms. The topological polar surface area (TPSA) is 171 Å². The van der Waals surface area contributed by atoms with Crippen molar-refractivity contribution in [2.24, 2.45) is 11.7 Å². The van der Waals surface area contributed by atoms with Gasteiger partial charge in [0.2, 0.25) is 17.7 Å². The number of rotatable bonds is 15. The van der Waals surface area contributed by atoms with Gasteiger partial charge in [-0.05, 0) is 48.5 Å². The van der Waals surface area contributed by atoms with Crippen molar-refractivity contribution in [1.82, 2.24) is 16.0 Å². The van der Waals surface area contributed by atoms with E-state index in [2.05, 4.69) is 28.6 Å². The third kappa shape index (κ3) is 11.2. The molecule has 0 heterocycles. The molecule has 0 fully saturated rings. The lowest BCUT2D eigenvalue weighted by atomic mass is 10.0. The first-order valence-electron chi connectivity index (χ1n) is 11.3. The van der Waals surface area contributed by atoms with E-state index in [1.807, 2.05) is 20.1 Å². The fraction of sp³-hybridized carbons (Fsp3) is 0.565. The maximum absolute atomic E-state index is 13.0. The zero-order valence-electron chi connectivity index (χ0n) is 20.2. The van der Waals surface area contributed by atoms with Crippen molar-refractivity contribution >= 4 is 48.1 Å². The van der Waals surface area contributed by atoms with Crippen LogP contribution in [0.2, 0.25) is 0 Å². The molecule has 0 aliphatic rings. The minimum absolute atomic E-state index is 0.00179. The maximum atomic E-state index is 13.0. The Kier molecular flexibility index (Phi) is 13.6. The Morgan fingerprint density at radius 1 is 0.971 bits per heavy atom. The fourth-order valence-electron chi connectivity index (χ4n) is 3.18. The highest BCUT2D eigenvalue weighted by Gasteiger charge is 2.30. The molecule has 1 rings (SSSR count). The van der Waals surface area contributed by atoms with E-state index in [9.17, 15) is 29.4 Å². The van der Waals surface area contributed by atoms with Gasteiger partial charge in [-0.15, -0.1) is 0 Å². The molecular formula is C23H36N4O6S2. The second-order valence-electron chi connectivity index (χ2n) is 8.59. The lowest BCUT2D eigenvalue weighted by Gasteiger charge is -2.26. The smallest absolute Gasteiger partial charge is 0.326 e. The van der Waals surface area contributed by atoms with Crippen LogP contribution in [0.15, 0.2) is 24.3 Å². The highest BCUT2D eigenvalue weighted by atomic mass is 32.2. The third-order valence-corrected chi connectivity index (χ3v) is 6.15. The van der Waals surface area contributed by atoms with E-state index < -0.39 is 47.9 Å². The number of carboxylic acid groups (broad SMARTS) is 1. The minimum Gasteiger partial charge on any atom is -0.508 e. The summed E-state index contributed by atoms with van der Waals surface area (Å²) in [5.41, 5.74) is 6.32. The van der Waals surface area contributed by atoms with Crippen molar-refractivity contribution in [2.45, 2.75) is 57.3 Å². The highest BCUT2D eigenvalue weighted by molar-refractivity contribution is 7.98. The Morgan fingerprint density at radius 2 is 1.51 bits per heavy atom. The molecule has 35 heavy (non-hydrogen) atoms. The molecule has 0 radical (unpaired) electrons. The quantitative estimate of drug-likeness (QED) is 0.162. The largest absolute Gasteiger partial charge is 0.508 e. The van der Waals surface area contributed by atoms with Crippen molar-refractivity contribution in [2.75, 3.05) is 17.8 Å². The van der Waals surface area contributed by atoms with E-state index >= 15 is 0 Å². The van der Waals surface area contributed by atoms with E-state index in [0.717, 1.165) is 0 Å². The van der Waals surface area contributed by atoms with E-state index in [1.165, 1.54) is 23.9 Å². The Bertz CT molecular complexity index is 853. The Balaban J connectivity index is 2.98. The molecule has 0 aromatic heterocycles. The van der Waals surface area contributed by atoms with Gasteiger partial charge in [0.15, 0.2) is 0 Å². The molecule has 12 heteroatoms. The zero-order chi connectivity index (χ0) is 26.5. The van der Waals surface area contributed by atoms with Crippen LogP contribution in [0.5, 0.6) is 5.75 Å². The molecule has 4 unspecified atom stereocenters. The van der Waals surface area contributed by atoms with Gasteiger partial charge in [0.05, 0.1) is 6.04 Å². The van der Waals surface area contributed by atoms with Crippen LogP contribution in [0, 0.1) is 5.92 Å². The van der Waals surface area contributed by atoms with Crippen molar-refractivity contribution in [3.63, 3.8) is 0 Å². The number of phenolic OH excluding ortho intramolecular Hbond substituents is 1. The maximum Gasteiger partial charge on any atom is 0.326 e. The van der Waals surface area contributed by atoms with Crippen LogP contribution in [-0.4, -0.2) is 75.8 Å². The number of carbonyl (C=O) groups is 4. The van der Waals surface area contributed by atoms with Gasteiger partial charge in [-0.1, -0.05) is 26.0 Å². The molecule has 0 aliphatic carbocycles. The number of thiol groups is 1. The first-order valence-corrected chi connectivity index (χ1v) is 13.3. The first-order chi connectivity index (χ1) is 16.5. The number of carbonyl (C=O) groups excluding carboxylic acids is 3. The molecule has 4 atom stereocenters. The number of benzene rings is 1. The molecule has 0 saturated carbocycles. The van der Waals surface area contributed by atoms with Gasteiger partial charge in [-0.25, -0.2) is 4.79 Å². The molecular weight excluding hydrogens is 492 g/mol. The van der Waals surface area contributed by atoms with Crippen LogP contribution in [0.25, 0.3) is 0 Å². The van der Waals surface area contributed by atoms with Crippen molar-refractivity contribution in [3.05, 3.63) is 29.8 Å². The van der Waals surface area contributed by atoms with Crippen LogP contribution in [-0.2, 0) is 25.6 Å². The lowest BCUT2D eigenvalue weighted by molar-refractivity contribution is -0.142. The van der Waals surface area contributed by atoms with Crippen molar-refractivity contribution in [3.8, 4) is 5.75 Å². The molecule has 0 aliphatic heterocycles. The van der Waals surface area contributed by atoms with E-state index in [4.69, 9.17) is 5.73 Å². The summed E-state index contributed by atoms with van der Waals surface area (Å²) in [6, 6.07) is 1.97. The van der Waals surface area contributed by atoms with E-state index in [0.29, 0.717) is 17.7 Å². The Labute approximate surface area is 215 Å². The molecule has 7 N–H and O–H groups in total. The number of thioether (sulfide) groups is 1. The summed E-state index contributed by atoms with van der Waals surface area (Å²) in [6.45, 7) is 3.79. The van der Waals surface area contributed by atoms with Gasteiger partial charge in [-0.3, -0.25) is 14.4 Å². The monoisotopic (exact) mass is 528 g/mol. The van der Waals surface area contributed by atoms with Gasteiger partial charge < -0.3 is 31.9 Å². The second kappa shape index (κ2) is 15.5. The summed E-state index contributed by atoms with van der Waals surface area (Å²) in [6.07, 6.45) is 2.44. The standard InChI is InChI=1S/C23H36N4O6S2/c1-13(2)10-18(26-20(29)16(24)12-34)22(31)25-17(8-9-35-3)21(30)27-19(23(32)33)11-14-4-6-15(28)7-5-14/h4-7,13,16-19,28,34H,8-12,24H2,1-3H3,(H,25,31)(H,26,29)(H,27,30)(H,32,33). The second-order valence-corrected chi connectivity index (χ2v) is 9.94. The molecule has 1 aromatic carbocycles. The number of phenols is 1. The molecule has 0 saturated heterocycles. The van der Waals surface area contributed by atoms with Gasteiger partial charge in [0.1, 0.15) is 23.9 Å². The van der Waals surface area contributed by atoms with Crippen LogP contribution in [0.1, 0.15) is 32.3 Å². The predicted octanol–water partition coefficient (Wildman–Crippen LogP) is 0.530. The fourth-order valence-corrected chi connectivity index (χ4v) is 3.82. The third-order valence-electron chi connectivity index (χ3n) is 5.11. The van der Waals surface area contributed by atoms with Gasteiger partial charge in [0.25, 0.3) is 0 Å². The summed E-state index contributed by atoms with van der Waals surface area (Å²) >= 11 is 5.48. The van der Waals surface area contributed by atoms with Crippen LogP contribution >= 0.6 is 24.4 Å². The summed E-state index contributed by atoms with van der Waals surface area (Å²) in [5, 5.41) is 26.8. The Morgan fingerprint density at radius 3 is 2.03 bits per heavy atom. The Hall–Kier alpha value is -2.44. The minimum atomic E-state index is -1.24. The summed E-state index contributed by atoms with van der Waals surface area (Å²) in [7, 11) is 0. The number of hydrogen-bond acceptors (Lipinski definition) is 8. The number of amides is 3. The zero-order valence-corrected chi connectivity index (χ0v) is 21.9. The first kappa shape index (κ1) is 30.6. The molecule has 1 aromatic rings. The number of hydrogen-bond donors (Lipinski definition) is 7. The molecule has 196 valence electrons. The van der Waals surface area contributed by atoms with E-state index in [-0.39, 0.29) is 30.3 Å². The van der Waals surface area contributed by atoms with Crippen LogP contribution < -0.4 is 21.7 Å². The molecule has 10 nitrogen and oxygen atoms in total. The van der Waals surface area contributed by atoms with Crippen LogP contribution in [0.3, 0.4) is 0 Å². The summed E-state index contributed by atoms with van der Waals surface area (Å²) in [4.78, 5) is 50.1. The van der Waals surface area contributed by atoms with Crippen molar-refractivity contribution < 1.29 is 29.4 Å². The molecule has 0 spiro atoms. The summed E-state index contributed by atoms with van der Waals surface area (Å²) < 4.78 is 0. The predicted molar refractivity (Wildman–Crippen MR) is 140 cm³/mol. The van der Waals surface area contributed by atoms with E-state index in [1.54, 1.807) is 12.1 Å². The number of carboxylic acids is 1. The van der Waals surface area contributed by atoms with Gasteiger partial charge in [-0.2, -0.15) is 24.4 Å². The number of aliphatic carboxylic acids is 1. The highest BCUT2D eigenvalue weighted by Crippen LogP contribution is 2.12. The number of nitrogens with two attached hydrogens (primary N) is 1. The normalized spacial score (nSPS) is 14.5. The van der Waals surface area contributed by atoms with Crippen molar-refractivity contribution in [1.29, 1.82) is 0 Å². The molecule has 3 amide bonds. The van der Waals surface area contributed by atoms with Crippen LogP contribution in [0.4, 0.5) is 0 Å². The average Bonchev–Trinajstić information content (AvgIpc) is 2.80. The number of nitrogens with one attached hydrogen (secondary N) is 3. The van der Waals surface area contributed by atoms with Gasteiger partial charge in [0, 0.05) is 12.2 Å². The van der Waals surface area contributed by atoms with Gasteiger partial charge >= 0.3 is 5.97 Å². The SMILES string of the molecule is CSCCC(NC(=O)C(CC(C)C)NC(=O)C(N)CS)C(=O)NC(Cc1ccc(O)cc1)C(=O)O. The summed E-state index contributed by atoms with van der Waals surface area (Å²) in [5.74, 6) is -2.18. The average molecular weight is 529 g/mol. The lowest BCUT2D eigenvalue weighted by Crippen LogP contribution is -2.57.